The smallest absolute Gasteiger partial charge is 0.354 e. The summed E-state index contributed by atoms with van der Waals surface area (Å²) in [5.41, 5.74) is 1.22. The Bertz CT molecular complexity index is 430. The maximum atomic E-state index is 10.8. The van der Waals surface area contributed by atoms with E-state index < -0.39 is 5.97 Å². The van der Waals surface area contributed by atoms with Gasteiger partial charge in [-0.15, -0.1) is 0 Å². The third-order valence-electron chi connectivity index (χ3n) is 3.44. The van der Waals surface area contributed by atoms with Gasteiger partial charge in [0.25, 0.3) is 0 Å². The van der Waals surface area contributed by atoms with Crippen molar-refractivity contribution in [2.45, 2.75) is 19.3 Å². The Kier molecular flexibility index (Phi) is 3.81. The topological polar surface area (TPSA) is 71.5 Å². The van der Waals surface area contributed by atoms with E-state index in [4.69, 9.17) is 9.84 Å². The van der Waals surface area contributed by atoms with Crippen molar-refractivity contribution in [3.63, 3.8) is 0 Å². The molecule has 1 saturated carbocycles. The Morgan fingerprint density at radius 2 is 2.39 bits per heavy atom. The minimum absolute atomic E-state index is 0.0711. The second-order valence-electron chi connectivity index (χ2n) is 4.83. The van der Waals surface area contributed by atoms with Crippen LogP contribution in [0.1, 0.15) is 29.8 Å². The van der Waals surface area contributed by atoms with Gasteiger partial charge in [0.15, 0.2) is 0 Å². The SMILES string of the molecule is COCCC1(CNc2ccnc(C(=O)O)c2)CC1. The van der Waals surface area contributed by atoms with Crippen LogP contribution in [0.4, 0.5) is 5.69 Å². The van der Waals surface area contributed by atoms with Crippen molar-refractivity contribution >= 4 is 11.7 Å². The van der Waals surface area contributed by atoms with E-state index >= 15 is 0 Å². The molecule has 5 heteroatoms. The van der Waals surface area contributed by atoms with Crippen LogP contribution < -0.4 is 5.32 Å². The molecule has 0 bridgehead atoms. The number of hydrogen-bond donors (Lipinski definition) is 2. The van der Waals surface area contributed by atoms with E-state index in [0.29, 0.717) is 5.41 Å². The molecule has 2 rings (SSSR count). The van der Waals surface area contributed by atoms with Gasteiger partial charge >= 0.3 is 5.97 Å². The summed E-state index contributed by atoms with van der Waals surface area (Å²) in [5.74, 6) is -1.00. The third-order valence-corrected chi connectivity index (χ3v) is 3.44. The number of pyridine rings is 1. The van der Waals surface area contributed by atoms with E-state index in [1.165, 1.54) is 19.0 Å². The molecular weight excluding hydrogens is 232 g/mol. The van der Waals surface area contributed by atoms with Gasteiger partial charge in [-0.05, 0) is 36.8 Å². The molecule has 0 amide bonds. The molecule has 1 aliphatic carbocycles. The molecule has 2 N–H and O–H groups in total. The van der Waals surface area contributed by atoms with Gasteiger partial charge in [0, 0.05) is 32.1 Å². The molecule has 0 saturated heterocycles. The summed E-state index contributed by atoms with van der Waals surface area (Å²) in [6.07, 6.45) is 4.98. The number of carboxylic acid groups (broad SMARTS) is 1. The molecule has 1 fully saturated rings. The van der Waals surface area contributed by atoms with Crippen molar-refractivity contribution in [3.8, 4) is 0 Å². The fraction of sp³-hybridized carbons (Fsp3) is 0.538. The highest BCUT2D eigenvalue weighted by Crippen LogP contribution is 2.48. The van der Waals surface area contributed by atoms with Gasteiger partial charge in [0.05, 0.1) is 0 Å². The van der Waals surface area contributed by atoms with E-state index in [1.54, 1.807) is 19.2 Å². The van der Waals surface area contributed by atoms with E-state index in [1.807, 2.05) is 0 Å². The van der Waals surface area contributed by atoms with Crippen molar-refractivity contribution in [2.75, 3.05) is 25.6 Å². The molecule has 0 spiro atoms. The fourth-order valence-electron chi connectivity index (χ4n) is 1.96. The first-order chi connectivity index (χ1) is 8.65. The van der Waals surface area contributed by atoms with Crippen LogP contribution in [0, 0.1) is 5.41 Å². The van der Waals surface area contributed by atoms with E-state index in [-0.39, 0.29) is 5.69 Å². The second kappa shape index (κ2) is 5.35. The number of rotatable bonds is 7. The van der Waals surface area contributed by atoms with Crippen molar-refractivity contribution < 1.29 is 14.6 Å². The molecule has 1 heterocycles. The molecule has 0 aliphatic heterocycles. The number of ether oxygens (including phenoxy) is 1. The number of carbonyl (C=O) groups is 1. The Morgan fingerprint density at radius 1 is 1.61 bits per heavy atom. The highest BCUT2D eigenvalue weighted by Gasteiger charge is 2.41. The molecule has 0 radical (unpaired) electrons. The predicted octanol–water partition coefficient (Wildman–Crippen LogP) is 2.01. The third kappa shape index (κ3) is 3.20. The minimum atomic E-state index is -1.00. The van der Waals surface area contributed by atoms with Crippen molar-refractivity contribution in [3.05, 3.63) is 24.0 Å². The number of nitrogens with one attached hydrogen (secondary N) is 1. The first-order valence-corrected chi connectivity index (χ1v) is 6.07. The van der Waals surface area contributed by atoms with Crippen LogP contribution in [0.2, 0.25) is 0 Å². The zero-order valence-corrected chi connectivity index (χ0v) is 10.5. The summed E-state index contributed by atoms with van der Waals surface area (Å²) in [6, 6.07) is 3.35. The van der Waals surface area contributed by atoms with Gasteiger partial charge in [-0.2, -0.15) is 0 Å². The summed E-state index contributed by atoms with van der Waals surface area (Å²) in [7, 11) is 1.71. The normalized spacial score (nSPS) is 16.3. The first kappa shape index (κ1) is 12.8. The van der Waals surface area contributed by atoms with Gasteiger partial charge < -0.3 is 15.2 Å². The van der Waals surface area contributed by atoms with E-state index in [0.717, 1.165) is 25.3 Å². The van der Waals surface area contributed by atoms with Gasteiger partial charge in [0.2, 0.25) is 0 Å². The minimum Gasteiger partial charge on any atom is -0.477 e. The standard InChI is InChI=1S/C13H18N2O3/c1-18-7-5-13(3-4-13)9-15-10-2-6-14-11(8-10)12(16)17/h2,6,8H,3-5,7,9H2,1H3,(H,14,15)(H,16,17). The zero-order chi connectivity index (χ0) is 13.0. The van der Waals surface area contributed by atoms with Gasteiger partial charge in [-0.25, -0.2) is 9.78 Å². The first-order valence-electron chi connectivity index (χ1n) is 6.07. The molecule has 1 aliphatic rings. The molecule has 0 atom stereocenters. The summed E-state index contributed by atoms with van der Waals surface area (Å²) in [6.45, 7) is 1.64. The van der Waals surface area contributed by atoms with Gasteiger partial charge in [-0.1, -0.05) is 0 Å². The summed E-state index contributed by atoms with van der Waals surface area (Å²) in [4.78, 5) is 14.6. The van der Waals surface area contributed by atoms with E-state index in [9.17, 15) is 4.79 Å². The van der Waals surface area contributed by atoms with Gasteiger partial charge in [-0.3, -0.25) is 0 Å². The highest BCUT2D eigenvalue weighted by molar-refractivity contribution is 5.86. The summed E-state index contributed by atoms with van der Waals surface area (Å²) in [5, 5.41) is 12.2. The van der Waals surface area contributed by atoms with Crippen molar-refractivity contribution in [1.29, 1.82) is 0 Å². The Hall–Kier alpha value is -1.62. The molecule has 98 valence electrons. The number of aromatic carboxylic acids is 1. The number of carboxylic acids is 1. The lowest BCUT2D eigenvalue weighted by atomic mass is 10.0. The molecule has 1 aromatic rings. The number of nitrogens with zero attached hydrogens (tertiary/aromatic N) is 1. The Morgan fingerprint density at radius 3 is 3.00 bits per heavy atom. The number of methoxy groups -OCH3 is 1. The lowest BCUT2D eigenvalue weighted by Gasteiger charge is -2.16. The number of anilines is 1. The fourth-order valence-corrected chi connectivity index (χ4v) is 1.96. The van der Waals surface area contributed by atoms with Gasteiger partial charge in [0.1, 0.15) is 5.69 Å². The molecule has 1 aromatic heterocycles. The highest BCUT2D eigenvalue weighted by atomic mass is 16.5. The lowest BCUT2D eigenvalue weighted by molar-refractivity contribution is 0.0690. The monoisotopic (exact) mass is 250 g/mol. The quantitative estimate of drug-likeness (QED) is 0.774. The van der Waals surface area contributed by atoms with Crippen molar-refractivity contribution in [1.82, 2.24) is 4.98 Å². The number of hydrogen-bond acceptors (Lipinski definition) is 4. The van der Waals surface area contributed by atoms with Crippen LogP contribution in [0.15, 0.2) is 18.3 Å². The predicted molar refractivity (Wildman–Crippen MR) is 67.8 cm³/mol. The summed E-state index contributed by atoms with van der Waals surface area (Å²) >= 11 is 0. The average Bonchev–Trinajstić information content (AvgIpc) is 3.15. The Balaban J connectivity index is 1.90. The lowest BCUT2D eigenvalue weighted by Crippen LogP contribution is -2.17. The van der Waals surface area contributed by atoms with Crippen LogP contribution in [-0.4, -0.2) is 36.3 Å². The molecule has 5 nitrogen and oxygen atoms in total. The van der Waals surface area contributed by atoms with Crippen molar-refractivity contribution in [2.24, 2.45) is 5.41 Å². The largest absolute Gasteiger partial charge is 0.477 e. The van der Waals surface area contributed by atoms with Crippen LogP contribution in [0.25, 0.3) is 0 Å². The van der Waals surface area contributed by atoms with Crippen LogP contribution >= 0.6 is 0 Å². The molecule has 0 aromatic carbocycles. The van der Waals surface area contributed by atoms with Crippen LogP contribution in [0.3, 0.4) is 0 Å². The van der Waals surface area contributed by atoms with Crippen LogP contribution in [0.5, 0.6) is 0 Å². The zero-order valence-electron chi connectivity index (χ0n) is 10.5. The van der Waals surface area contributed by atoms with Crippen LogP contribution in [-0.2, 0) is 4.74 Å². The average molecular weight is 250 g/mol. The maximum absolute atomic E-state index is 10.8. The molecule has 18 heavy (non-hydrogen) atoms. The maximum Gasteiger partial charge on any atom is 0.354 e. The van der Waals surface area contributed by atoms with E-state index in [2.05, 4.69) is 10.3 Å². The second-order valence-corrected chi connectivity index (χ2v) is 4.83. The summed E-state index contributed by atoms with van der Waals surface area (Å²) < 4.78 is 5.10. The number of aromatic nitrogens is 1. The molecule has 0 unspecified atom stereocenters. The molecular formula is C13H18N2O3. The Labute approximate surface area is 106 Å².